The molecule has 0 spiro atoms. The maximum atomic E-state index is 13.6. The monoisotopic (exact) mass is 451 g/mol. The van der Waals surface area contributed by atoms with Crippen LogP contribution in [-0.4, -0.2) is 35.8 Å². The van der Waals surface area contributed by atoms with E-state index in [4.69, 9.17) is 5.73 Å². The Morgan fingerprint density at radius 3 is 2.61 bits per heavy atom. The zero-order valence-corrected chi connectivity index (χ0v) is 18.4. The molecule has 0 saturated heterocycles. The number of carbonyl (C=O) groups is 1. The number of aryl methyl sites for hydroxylation is 2. The number of amides is 1. The molecule has 2 N–H and O–H groups in total. The molecule has 8 nitrogen and oxygen atoms in total. The second kappa shape index (κ2) is 8.89. The lowest BCUT2D eigenvalue weighted by molar-refractivity contribution is 0.0667. The van der Waals surface area contributed by atoms with Crippen molar-refractivity contribution < 1.29 is 13.6 Å². The minimum absolute atomic E-state index is 0.108. The van der Waals surface area contributed by atoms with E-state index in [1.54, 1.807) is 36.3 Å². The molecule has 0 unspecified atom stereocenters. The highest BCUT2D eigenvalue weighted by Gasteiger charge is 2.26. The van der Waals surface area contributed by atoms with Gasteiger partial charge < -0.3 is 10.6 Å². The van der Waals surface area contributed by atoms with Gasteiger partial charge in [-0.05, 0) is 55.8 Å². The van der Waals surface area contributed by atoms with Crippen molar-refractivity contribution in [2.24, 2.45) is 7.05 Å². The number of aromatic nitrogens is 5. The molecule has 0 radical (unpaired) electrons. The summed E-state index contributed by atoms with van der Waals surface area (Å²) in [4.78, 5) is 25.1. The van der Waals surface area contributed by atoms with Gasteiger partial charge in [0.2, 0.25) is 0 Å². The van der Waals surface area contributed by atoms with Crippen molar-refractivity contribution in [1.29, 1.82) is 0 Å². The van der Waals surface area contributed by atoms with E-state index in [0.29, 0.717) is 28.3 Å². The summed E-state index contributed by atoms with van der Waals surface area (Å²) in [6, 6.07) is 9.47. The maximum Gasteiger partial charge on any atom is 0.265 e. The van der Waals surface area contributed by atoms with E-state index in [-0.39, 0.29) is 18.0 Å². The van der Waals surface area contributed by atoms with Gasteiger partial charge in [-0.3, -0.25) is 9.78 Å². The van der Waals surface area contributed by atoms with Crippen LogP contribution in [0.5, 0.6) is 0 Å². The fraction of sp³-hybridized carbons (Fsp3) is 0.261. The smallest absolute Gasteiger partial charge is 0.265 e. The number of alkyl halides is 2. The number of anilines is 1. The third-order valence-electron chi connectivity index (χ3n) is 5.50. The van der Waals surface area contributed by atoms with E-state index in [1.807, 2.05) is 19.9 Å². The highest BCUT2D eigenvalue weighted by molar-refractivity contribution is 5.98. The van der Waals surface area contributed by atoms with Crippen LogP contribution in [-0.2, 0) is 13.6 Å². The number of fused-ring (bicyclic) bond motifs is 1. The molecule has 0 aliphatic heterocycles. The van der Waals surface area contributed by atoms with Gasteiger partial charge in [0.05, 0.1) is 30.0 Å². The van der Waals surface area contributed by atoms with Crippen LogP contribution in [0.25, 0.3) is 10.9 Å². The summed E-state index contributed by atoms with van der Waals surface area (Å²) in [5.74, 6) is 0.182. The Kier molecular flexibility index (Phi) is 5.99. The van der Waals surface area contributed by atoms with Crippen molar-refractivity contribution in [2.75, 3.05) is 5.73 Å². The molecule has 4 aromatic rings. The van der Waals surface area contributed by atoms with Crippen molar-refractivity contribution in [2.45, 2.75) is 32.9 Å². The first-order valence-electron chi connectivity index (χ1n) is 10.3. The van der Waals surface area contributed by atoms with E-state index < -0.39 is 12.5 Å². The van der Waals surface area contributed by atoms with Gasteiger partial charge in [0, 0.05) is 29.8 Å². The topological polar surface area (TPSA) is 103 Å². The standard InChI is InChI=1S/C23H23F2N7O/c1-13-8-17-9-15(5-7-19(17)29-22(13)26)23(33)32(14(2)20-11-28-31(3)30-20)12-18-6-4-16(10-27-18)21(24)25/h4-11,14,21H,12H2,1-3H3,(H2,26,29)/t14-/m1/s1. The first kappa shape index (κ1) is 22.3. The SMILES string of the molecule is Cc1cc2cc(C(=O)N(Cc3ccc(C(F)F)cn3)[C@H](C)c3cnn(C)n3)ccc2nc1N. The highest BCUT2D eigenvalue weighted by atomic mass is 19.3. The molecule has 0 aliphatic rings. The second-order valence-corrected chi connectivity index (χ2v) is 7.85. The first-order chi connectivity index (χ1) is 15.7. The molecule has 3 heterocycles. The summed E-state index contributed by atoms with van der Waals surface area (Å²) in [6.07, 6.45) is 0.116. The third kappa shape index (κ3) is 4.64. The second-order valence-electron chi connectivity index (χ2n) is 7.85. The highest BCUT2D eigenvalue weighted by Crippen LogP contribution is 2.26. The average molecular weight is 451 g/mol. The lowest BCUT2D eigenvalue weighted by Gasteiger charge is -2.28. The van der Waals surface area contributed by atoms with Gasteiger partial charge in [0.1, 0.15) is 11.5 Å². The van der Waals surface area contributed by atoms with Crippen LogP contribution < -0.4 is 5.73 Å². The Morgan fingerprint density at radius 2 is 1.97 bits per heavy atom. The van der Waals surface area contributed by atoms with E-state index in [9.17, 15) is 13.6 Å². The number of carbonyl (C=O) groups excluding carboxylic acids is 1. The lowest BCUT2D eigenvalue weighted by Crippen LogP contribution is -2.33. The molecule has 1 amide bonds. The Balaban J connectivity index is 1.70. The van der Waals surface area contributed by atoms with Crippen LogP contribution in [0.2, 0.25) is 0 Å². The number of pyridine rings is 2. The zero-order valence-electron chi connectivity index (χ0n) is 18.4. The molecule has 1 atom stereocenters. The van der Waals surface area contributed by atoms with Gasteiger partial charge in [-0.2, -0.15) is 15.0 Å². The summed E-state index contributed by atoms with van der Waals surface area (Å²) < 4.78 is 25.8. The lowest BCUT2D eigenvalue weighted by atomic mass is 10.1. The number of hydrogen-bond donors (Lipinski definition) is 1. The molecule has 10 heteroatoms. The Labute approximate surface area is 189 Å². The third-order valence-corrected chi connectivity index (χ3v) is 5.50. The van der Waals surface area contributed by atoms with Gasteiger partial charge in [0.25, 0.3) is 12.3 Å². The summed E-state index contributed by atoms with van der Waals surface area (Å²) in [7, 11) is 1.69. The molecule has 3 aromatic heterocycles. The largest absolute Gasteiger partial charge is 0.383 e. The Morgan fingerprint density at radius 1 is 1.18 bits per heavy atom. The van der Waals surface area contributed by atoms with Crippen molar-refractivity contribution >= 4 is 22.6 Å². The number of nitrogens with zero attached hydrogens (tertiary/aromatic N) is 6. The molecule has 170 valence electrons. The molecule has 0 aliphatic carbocycles. The number of nitrogen functional groups attached to an aromatic ring is 1. The number of hydrogen-bond acceptors (Lipinski definition) is 6. The number of benzene rings is 1. The molecule has 0 bridgehead atoms. The zero-order chi connectivity index (χ0) is 23.7. The maximum absolute atomic E-state index is 13.6. The summed E-state index contributed by atoms with van der Waals surface area (Å²) in [5, 5.41) is 9.21. The van der Waals surface area contributed by atoms with Crippen molar-refractivity contribution in [3.05, 3.63) is 76.9 Å². The summed E-state index contributed by atoms with van der Waals surface area (Å²) >= 11 is 0. The number of rotatable bonds is 6. The van der Waals surface area contributed by atoms with Crippen LogP contribution in [0.4, 0.5) is 14.6 Å². The Hall–Kier alpha value is -3.95. The van der Waals surface area contributed by atoms with Gasteiger partial charge in [-0.25, -0.2) is 13.8 Å². The fourth-order valence-corrected chi connectivity index (χ4v) is 3.53. The van der Waals surface area contributed by atoms with Crippen LogP contribution >= 0.6 is 0 Å². The molecular formula is C23H23F2N7O. The van der Waals surface area contributed by atoms with E-state index in [1.165, 1.54) is 16.9 Å². The van der Waals surface area contributed by atoms with E-state index in [2.05, 4.69) is 20.2 Å². The van der Waals surface area contributed by atoms with Gasteiger partial charge in [-0.15, -0.1) is 0 Å². The predicted octanol–water partition coefficient (Wildman–Crippen LogP) is 3.99. The average Bonchev–Trinajstić information content (AvgIpc) is 3.23. The number of halogens is 2. The van der Waals surface area contributed by atoms with Gasteiger partial charge in [0.15, 0.2) is 0 Å². The van der Waals surface area contributed by atoms with Crippen LogP contribution in [0, 0.1) is 6.92 Å². The number of nitrogens with two attached hydrogens (primary N) is 1. The summed E-state index contributed by atoms with van der Waals surface area (Å²) in [6.45, 7) is 3.80. The van der Waals surface area contributed by atoms with E-state index in [0.717, 1.165) is 17.1 Å². The van der Waals surface area contributed by atoms with E-state index >= 15 is 0 Å². The van der Waals surface area contributed by atoms with Crippen LogP contribution in [0.1, 0.15) is 52.3 Å². The molecule has 0 saturated carbocycles. The fourth-order valence-electron chi connectivity index (χ4n) is 3.53. The van der Waals surface area contributed by atoms with Gasteiger partial charge >= 0.3 is 0 Å². The van der Waals surface area contributed by atoms with Crippen molar-refractivity contribution in [3.63, 3.8) is 0 Å². The first-order valence-corrected chi connectivity index (χ1v) is 10.3. The molecular weight excluding hydrogens is 428 g/mol. The van der Waals surface area contributed by atoms with Crippen LogP contribution in [0.15, 0.2) is 48.8 Å². The molecule has 1 aromatic carbocycles. The quantitative estimate of drug-likeness (QED) is 0.476. The van der Waals surface area contributed by atoms with Crippen LogP contribution in [0.3, 0.4) is 0 Å². The van der Waals surface area contributed by atoms with Gasteiger partial charge in [-0.1, -0.05) is 0 Å². The van der Waals surface area contributed by atoms with Crippen molar-refractivity contribution in [3.8, 4) is 0 Å². The Bertz CT molecular complexity index is 1300. The van der Waals surface area contributed by atoms with Crippen molar-refractivity contribution in [1.82, 2.24) is 29.9 Å². The summed E-state index contributed by atoms with van der Waals surface area (Å²) in [5.41, 5.74) is 8.77. The molecule has 0 fully saturated rings. The normalized spacial score (nSPS) is 12.3. The minimum Gasteiger partial charge on any atom is -0.383 e. The predicted molar refractivity (Wildman–Crippen MR) is 119 cm³/mol. The molecule has 33 heavy (non-hydrogen) atoms. The molecule has 4 rings (SSSR count). The minimum atomic E-state index is -2.61.